The molecule has 3 aromatic carbocycles. The number of methoxy groups -OCH3 is 1. The molecule has 0 aromatic heterocycles. The number of hydrogen-bond acceptors (Lipinski definition) is 5. The minimum Gasteiger partial charge on any atom is -0.497 e. The van der Waals surface area contributed by atoms with Crippen LogP contribution in [0.3, 0.4) is 0 Å². The van der Waals surface area contributed by atoms with Gasteiger partial charge in [0.15, 0.2) is 0 Å². The van der Waals surface area contributed by atoms with Gasteiger partial charge < -0.3 is 9.47 Å². The Hall–Kier alpha value is -4.39. The first kappa shape index (κ1) is 22.8. The number of hydrogen-bond donors (Lipinski definition) is 1. The largest absolute Gasteiger partial charge is 0.497 e. The van der Waals surface area contributed by atoms with Crippen LogP contribution < -0.4 is 19.7 Å². The van der Waals surface area contributed by atoms with Crippen molar-refractivity contribution in [1.82, 2.24) is 5.32 Å². The third-order valence-electron chi connectivity index (χ3n) is 5.46. The van der Waals surface area contributed by atoms with Gasteiger partial charge in [-0.25, -0.2) is 9.69 Å². The van der Waals surface area contributed by atoms with Crippen LogP contribution in [0.25, 0.3) is 6.08 Å². The normalized spacial score (nSPS) is 14.9. The van der Waals surface area contributed by atoms with E-state index in [-0.39, 0.29) is 12.2 Å². The van der Waals surface area contributed by atoms with Crippen LogP contribution in [0, 0.1) is 13.8 Å². The number of benzene rings is 3. The SMILES string of the molecule is COc1ccc(/C=C2\C(=O)NC(=O)N(c3cc(C)ccc3C)C2=O)c(OCc2ccccc2)c1. The molecule has 0 radical (unpaired) electrons. The lowest BCUT2D eigenvalue weighted by Crippen LogP contribution is -2.54. The molecule has 1 fully saturated rings. The summed E-state index contributed by atoms with van der Waals surface area (Å²) in [5, 5.41) is 2.27. The van der Waals surface area contributed by atoms with Crippen LogP contribution in [0.1, 0.15) is 22.3 Å². The summed E-state index contributed by atoms with van der Waals surface area (Å²) in [6.45, 7) is 3.95. The maximum Gasteiger partial charge on any atom is 0.335 e. The maximum atomic E-state index is 13.3. The third kappa shape index (κ3) is 4.68. The number of rotatable bonds is 6. The highest BCUT2D eigenvalue weighted by atomic mass is 16.5. The summed E-state index contributed by atoms with van der Waals surface area (Å²) < 4.78 is 11.3. The van der Waals surface area contributed by atoms with Crippen LogP contribution >= 0.6 is 0 Å². The Morgan fingerprint density at radius 3 is 2.44 bits per heavy atom. The van der Waals surface area contributed by atoms with E-state index in [9.17, 15) is 14.4 Å². The summed E-state index contributed by atoms with van der Waals surface area (Å²) in [6, 6.07) is 19.4. The van der Waals surface area contributed by atoms with Crippen molar-refractivity contribution in [2.75, 3.05) is 12.0 Å². The number of carbonyl (C=O) groups excluding carboxylic acids is 3. The Morgan fingerprint density at radius 2 is 1.71 bits per heavy atom. The van der Waals surface area contributed by atoms with Crippen LogP contribution in [0.2, 0.25) is 0 Å². The Bertz CT molecular complexity index is 1300. The van der Waals surface area contributed by atoms with Gasteiger partial charge in [0, 0.05) is 11.6 Å². The zero-order valence-corrected chi connectivity index (χ0v) is 19.1. The van der Waals surface area contributed by atoms with Crippen molar-refractivity contribution < 1.29 is 23.9 Å². The highest BCUT2D eigenvalue weighted by Gasteiger charge is 2.37. The van der Waals surface area contributed by atoms with Crippen molar-refractivity contribution in [2.45, 2.75) is 20.5 Å². The smallest absolute Gasteiger partial charge is 0.335 e. The number of amides is 4. The number of aryl methyl sites for hydroxylation is 2. The molecular weight excluding hydrogens is 432 g/mol. The number of anilines is 1. The van der Waals surface area contributed by atoms with Gasteiger partial charge in [0.1, 0.15) is 23.7 Å². The van der Waals surface area contributed by atoms with Gasteiger partial charge in [-0.15, -0.1) is 0 Å². The molecule has 1 heterocycles. The second kappa shape index (κ2) is 9.62. The molecule has 172 valence electrons. The van der Waals surface area contributed by atoms with Crippen molar-refractivity contribution in [1.29, 1.82) is 0 Å². The number of ether oxygens (including phenoxy) is 2. The van der Waals surface area contributed by atoms with Gasteiger partial charge in [-0.3, -0.25) is 14.9 Å². The molecule has 4 amide bonds. The number of urea groups is 1. The summed E-state index contributed by atoms with van der Waals surface area (Å²) >= 11 is 0. The van der Waals surface area contributed by atoms with Crippen molar-refractivity contribution >= 4 is 29.6 Å². The van der Waals surface area contributed by atoms with Gasteiger partial charge in [0.25, 0.3) is 11.8 Å². The highest BCUT2D eigenvalue weighted by Crippen LogP contribution is 2.30. The standard InChI is InChI=1S/C27H24N2O5/c1-17-9-10-18(2)23(13-17)29-26(31)22(25(30)28-27(29)32)14-20-11-12-21(33-3)15-24(20)34-16-19-7-5-4-6-8-19/h4-15H,16H2,1-3H3,(H,28,30,32)/b22-14+. The molecule has 0 spiro atoms. The molecule has 0 atom stereocenters. The lowest BCUT2D eigenvalue weighted by molar-refractivity contribution is -0.122. The average molecular weight is 456 g/mol. The average Bonchev–Trinajstić information content (AvgIpc) is 2.83. The zero-order chi connectivity index (χ0) is 24.2. The van der Waals surface area contributed by atoms with E-state index in [1.54, 1.807) is 38.3 Å². The zero-order valence-electron chi connectivity index (χ0n) is 19.1. The van der Waals surface area contributed by atoms with Gasteiger partial charge in [0.2, 0.25) is 0 Å². The quantitative estimate of drug-likeness (QED) is 0.434. The van der Waals surface area contributed by atoms with Gasteiger partial charge >= 0.3 is 6.03 Å². The Morgan fingerprint density at radius 1 is 0.941 bits per heavy atom. The fourth-order valence-electron chi connectivity index (χ4n) is 3.61. The summed E-state index contributed by atoms with van der Waals surface area (Å²) in [5.41, 5.74) is 3.34. The minimum atomic E-state index is -0.781. The van der Waals surface area contributed by atoms with E-state index >= 15 is 0 Å². The fourth-order valence-corrected chi connectivity index (χ4v) is 3.61. The lowest BCUT2D eigenvalue weighted by atomic mass is 10.0. The second-order valence-corrected chi connectivity index (χ2v) is 7.93. The molecule has 1 aliphatic heterocycles. The summed E-state index contributed by atoms with van der Waals surface area (Å²) in [7, 11) is 1.54. The van der Waals surface area contributed by atoms with Crippen LogP contribution in [0.4, 0.5) is 10.5 Å². The number of carbonyl (C=O) groups is 3. The maximum absolute atomic E-state index is 13.3. The monoisotopic (exact) mass is 456 g/mol. The van der Waals surface area contributed by atoms with Gasteiger partial charge in [-0.2, -0.15) is 0 Å². The molecule has 7 heteroatoms. The number of barbiturate groups is 1. The molecule has 7 nitrogen and oxygen atoms in total. The topological polar surface area (TPSA) is 84.9 Å². The van der Waals surface area contributed by atoms with Crippen molar-refractivity contribution in [3.8, 4) is 11.5 Å². The van der Waals surface area contributed by atoms with Crippen molar-refractivity contribution in [3.05, 3.63) is 94.6 Å². The van der Waals surface area contributed by atoms with E-state index in [1.165, 1.54) is 6.08 Å². The van der Waals surface area contributed by atoms with Crippen LogP contribution in [0.15, 0.2) is 72.3 Å². The molecular formula is C27H24N2O5. The van der Waals surface area contributed by atoms with Crippen LogP contribution in [-0.4, -0.2) is 25.0 Å². The lowest BCUT2D eigenvalue weighted by Gasteiger charge is -2.28. The van der Waals surface area contributed by atoms with Crippen LogP contribution in [0.5, 0.6) is 11.5 Å². The van der Waals surface area contributed by atoms with E-state index < -0.39 is 17.8 Å². The minimum absolute atomic E-state index is 0.171. The molecule has 1 aliphatic rings. The second-order valence-electron chi connectivity index (χ2n) is 7.93. The number of imide groups is 2. The van der Waals surface area contributed by atoms with E-state index in [1.807, 2.05) is 49.4 Å². The molecule has 3 aromatic rings. The molecule has 1 N–H and O–H groups in total. The van der Waals surface area contributed by atoms with E-state index in [0.717, 1.165) is 21.6 Å². The number of nitrogens with one attached hydrogen (secondary N) is 1. The fraction of sp³-hybridized carbons (Fsp3) is 0.148. The van der Waals surface area contributed by atoms with E-state index in [0.29, 0.717) is 22.7 Å². The Labute approximate surface area is 197 Å². The third-order valence-corrected chi connectivity index (χ3v) is 5.46. The Balaban J connectivity index is 1.71. The molecule has 4 rings (SSSR count). The molecule has 0 unspecified atom stereocenters. The molecule has 0 saturated carbocycles. The molecule has 34 heavy (non-hydrogen) atoms. The van der Waals surface area contributed by atoms with Crippen molar-refractivity contribution in [2.24, 2.45) is 0 Å². The summed E-state index contributed by atoms with van der Waals surface area (Å²) in [4.78, 5) is 39.6. The predicted octanol–water partition coefficient (Wildman–Crippen LogP) is 4.56. The molecule has 1 saturated heterocycles. The van der Waals surface area contributed by atoms with Gasteiger partial charge in [-0.1, -0.05) is 42.5 Å². The Kier molecular flexibility index (Phi) is 6.45. The first-order valence-corrected chi connectivity index (χ1v) is 10.7. The predicted molar refractivity (Wildman–Crippen MR) is 129 cm³/mol. The summed E-state index contributed by atoms with van der Waals surface area (Å²) in [5.74, 6) is -0.461. The van der Waals surface area contributed by atoms with Gasteiger partial charge in [0.05, 0.1) is 12.8 Å². The number of nitrogens with zero attached hydrogens (tertiary/aromatic N) is 1. The van der Waals surface area contributed by atoms with Crippen molar-refractivity contribution in [3.63, 3.8) is 0 Å². The summed E-state index contributed by atoms with van der Waals surface area (Å²) in [6.07, 6.45) is 1.43. The molecule has 0 bridgehead atoms. The first-order chi connectivity index (χ1) is 16.4. The van der Waals surface area contributed by atoms with E-state index in [2.05, 4.69) is 5.32 Å². The van der Waals surface area contributed by atoms with E-state index in [4.69, 9.17) is 9.47 Å². The highest BCUT2D eigenvalue weighted by molar-refractivity contribution is 6.39. The molecule has 0 aliphatic carbocycles. The first-order valence-electron chi connectivity index (χ1n) is 10.7. The van der Waals surface area contributed by atoms with Crippen LogP contribution in [-0.2, 0) is 16.2 Å². The van der Waals surface area contributed by atoms with Gasteiger partial charge in [-0.05, 0) is 54.8 Å².